The van der Waals surface area contributed by atoms with E-state index in [1.165, 1.54) is 16.8 Å². The Hall–Kier alpha value is -1.02. The van der Waals surface area contributed by atoms with Crippen molar-refractivity contribution in [1.82, 2.24) is 5.32 Å². The molecule has 2 nitrogen and oxygen atoms in total. The van der Waals surface area contributed by atoms with Gasteiger partial charge >= 0.3 is 0 Å². The molecule has 1 atom stereocenters. The van der Waals surface area contributed by atoms with Gasteiger partial charge in [-0.2, -0.15) is 0 Å². The average Bonchev–Trinajstić information content (AvgIpc) is 2.46. The van der Waals surface area contributed by atoms with Crippen molar-refractivity contribution in [3.05, 3.63) is 29.3 Å². The van der Waals surface area contributed by atoms with E-state index in [0.29, 0.717) is 6.04 Å². The minimum atomic E-state index is 0.571. The number of likely N-dealkylation sites (N-methyl/N-ethyl adjacent to an activating group) is 1. The van der Waals surface area contributed by atoms with E-state index < -0.39 is 0 Å². The molecule has 2 heteroatoms. The molecule has 2 rings (SSSR count). The van der Waals surface area contributed by atoms with E-state index >= 15 is 0 Å². The minimum Gasteiger partial charge on any atom is -0.380 e. The predicted octanol–water partition coefficient (Wildman–Crippen LogP) is 1.55. The SMILES string of the molecule is CNCC1Cc2ccc(C)cc2N1. The van der Waals surface area contributed by atoms with Crippen LogP contribution in [0.1, 0.15) is 11.1 Å². The zero-order valence-corrected chi connectivity index (χ0v) is 8.22. The first-order chi connectivity index (χ1) is 6.29. The highest BCUT2D eigenvalue weighted by molar-refractivity contribution is 5.58. The van der Waals surface area contributed by atoms with E-state index in [1.54, 1.807) is 0 Å². The topological polar surface area (TPSA) is 24.1 Å². The zero-order valence-electron chi connectivity index (χ0n) is 8.22. The molecule has 0 spiro atoms. The van der Waals surface area contributed by atoms with Crippen LogP contribution in [-0.2, 0) is 6.42 Å². The summed E-state index contributed by atoms with van der Waals surface area (Å²) in [6.45, 7) is 3.17. The van der Waals surface area contributed by atoms with Crippen molar-refractivity contribution in [2.75, 3.05) is 18.9 Å². The molecule has 0 fully saturated rings. The summed E-state index contributed by atoms with van der Waals surface area (Å²) < 4.78 is 0. The molecule has 1 heterocycles. The fraction of sp³-hybridized carbons (Fsp3) is 0.455. The zero-order chi connectivity index (χ0) is 9.26. The van der Waals surface area contributed by atoms with Gasteiger partial charge in [-0.15, -0.1) is 0 Å². The van der Waals surface area contributed by atoms with Crippen molar-refractivity contribution in [2.24, 2.45) is 0 Å². The highest BCUT2D eigenvalue weighted by Gasteiger charge is 2.18. The van der Waals surface area contributed by atoms with E-state index in [0.717, 1.165) is 13.0 Å². The first-order valence-corrected chi connectivity index (χ1v) is 4.80. The first kappa shape index (κ1) is 8.57. The molecular formula is C11H16N2. The van der Waals surface area contributed by atoms with Gasteiger partial charge in [0.2, 0.25) is 0 Å². The maximum Gasteiger partial charge on any atom is 0.0426 e. The number of rotatable bonds is 2. The molecule has 0 radical (unpaired) electrons. The number of benzene rings is 1. The Balaban J connectivity index is 2.16. The summed E-state index contributed by atoms with van der Waals surface area (Å²) >= 11 is 0. The normalized spacial score (nSPS) is 19.7. The number of anilines is 1. The highest BCUT2D eigenvalue weighted by Crippen LogP contribution is 2.26. The van der Waals surface area contributed by atoms with E-state index in [1.807, 2.05) is 7.05 Å². The molecule has 1 aromatic rings. The second-order valence-corrected chi connectivity index (χ2v) is 3.76. The molecule has 0 aromatic heterocycles. The smallest absolute Gasteiger partial charge is 0.0426 e. The molecule has 1 aliphatic heterocycles. The van der Waals surface area contributed by atoms with Gasteiger partial charge in [-0.25, -0.2) is 0 Å². The Kier molecular flexibility index (Phi) is 2.23. The summed E-state index contributed by atoms with van der Waals surface area (Å²) in [4.78, 5) is 0. The molecule has 1 aliphatic rings. The third-order valence-corrected chi connectivity index (χ3v) is 2.54. The van der Waals surface area contributed by atoms with Crippen LogP contribution in [-0.4, -0.2) is 19.6 Å². The molecule has 2 N–H and O–H groups in total. The van der Waals surface area contributed by atoms with E-state index in [-0.39, 0.29) is 0 Å². The van der Waals surface area contributed by atoms with E-state index in [4.69, 9.17) is 0 Å². The van der Waals surface area contributed by atoms with Gasteiger partial charge in [0.15, 0.2) is 0 Å². The molecule has 0 bridgehead atoms. The van der Waals surface area contributed by atoms with Crippen molar-refractivity contribution >= 4 is 5.69 Å². The van der Waals surface area contributed by atoms with Crippen LogP contribution < -0.4 is 10.6 Å². The average molecular weight is 176 g/mol. The fourth-order valence-electron chi connectivity index (χ4n) is 1.91. The van der Waals surface area contributed by atoms with Crippen LogP contribution in [0.25, 0.3) is 0 Å². The maximum atomic E-state index is 3.51. The minimum absolute atomic E-state index is 0.571. The third kappa shape index (κ3) is 1.68. The fourth-order valence-corrected chi connectivity index (χ4v) is 1.91. The third-order valence-electron chi connectivity index (χ3n) is 2.54. The molecule has 1 unspecified atom stereocenters. The standard InChI is InChI=1S/C11H16N2/c1-8-3-4-9-6-10(7-12-2)13-11(9)5-8/h3-5,10,12-13H,6-7H2,1-2H3. The Morgan fingerprint density at radius 3 is 3.15 bits per heavy atom. The van der Waals surface area contributed by atoms with Gasteiger partial charge in [-0.05, 0) is 37.6 Å². The Labute approximate surface area is 79.4 Å². The lowest BCUT2D eigenvalue weighted by Crippen LogP contribution is -2.28. The van der Waals surface area contributed by atoms with Gasteiger partial charge in [0.25, 0.3) is 0 Å². The quantitative estimate of drug-likeness (QED) is 0.714. The number of nitrogens with one attached hydrogen (secondary N) is 2. The van der Waals surface area contributed by atoms with Crippen molar-refractivity contribution in [1.29, 1.82) is 0 Å². The van der Waals surface area contributed by atoms with Gasteiger partial charge in [-0.1, -0.05) is 12.1 Å². The van der Waals surface area contributed by atoms with Crippen molar-refractivity contribution in [3.63, 3.8) is 0 Å². The molecule has 1 aromatic carbocycles. The number of hydrogen-bond donors (Lipinski definition) is 2. The summed E-state index contributed by atoms with van der Waals surface area (Å²) in [7, 11) is 2.00. The van der Waals surface area contributed by atoms with Gasteiger partial charge in [0, 0.05) is 18.3 Å². The summed E-state index contributed by atoms with van der Waals surface area (Å²) in [5, 5.41) is 6.71. The van der Waals surface area contributed by atoms with Crippen molar-refractivity contribution < 1.29 is 0 Å². The largest absolute Gasteiger partial charge is 0.380 e. The molecule has 13 heavy (non-hydrogen) atoms. The van der Waals surface area contributed by atoms with Crippen LogP contribution in [0, 0.1) is 6.92 Å². The summed E-state index contributed by atoms with van der Waals surface area (Å²) in [6.07, 6.45) is 1.15. The van der Waals surface area contributed by atoms with Gasteiger partial charge in [0.05, 0.1) is 0 Å². The Morgan fingerprint density at radius 1 is 1.54 bits per heavy atom. The monoisotopic (exact) mass is 176 g/mol. The van der Waals surface area contributed by atoms with Crippen molar-refractivity contribution in [3.8, 4) is 0 Å². The summed E-state index contributed by atoms with van der Waals surface area (Å²) in [5.41, 5.74) is 4.10. The summed E-state index contributed by atoms with van der Waals surface area (Å²) in [5.74, 6) is 0. The van der Waals surface area contributed by atoms with Gasteiger partial charge in [-0.3, -0.25) is 0 Å². The second kappa shape index (κ2) is 3.38. The van der Waals surface area contributed by atoms with Crippen LogP contribution in [0.4, 0.5) is 5.69 Å². The predicted molar refractivity (Wildman–Crippen MR) is 56.2 cm³/mol. The molecule has 70 valence electrons. The molecule has 0 saturated carbocycles. The van der Waals surface area contributed by atoms with Crippen LogP contribution >= 0.6 is 0 Å². The van der Waals surface area contributed by atoms with Gasteiger partial charge < -0.3 is 10.6 Å². The number of hydrogen-bond acceptors (Lipinski definition) is 2. The lowest BCUT2D eigenvalue weighted by Gasteiger charge is -2.09. The van der Waals surface area contributed by atoms with E-state index in [9.17, 15) is 0 Å². The Bertz CT molecular complexity index is 307. The maximum absolute atomic E-state index is 3.51. The number of aryl methyl sites for hydroxylation is 1. The molecule has 0 saturated heterocycles. The lowest BCUT2D eigenvalue weighted by atomic mass is 10.1. The van der Waals surface area contributed by atoms with Gasteiger partial charge in [0.1, 0.15) is 0 Å². The Morgan fingerprint density at radius 2 is 2.38 bits per heavy atom. The highest BCUT2D eigenvalue weighted by atomic mass is 15.0. The summed E-state index contributed by atoms with van der Waals surface area (Å²) in [6, 6.07) is 7.21. The second-order valence-electron chi connectivity index (χ2n) is 3.76. The van der Waals surface area contributed by atoms with Crippen LogP contribution in [0.2, 0.25) is 0 Å². The lowest BCUT2D eigenvalue weighted by molar-refractivity contribution is 0.674. The van der Waals surface area contributed by atoms with Crippen LogP contribution in [0.5, 0.6) is 0 Å². The van der Waals surface area contributed by atoms with Crippen LogP contribution in [0.15, 0.2) is 18.2 Å². The molecular weight excluding hydrogens is 160 g/mol. The molecule has 0 amide bonds. The van der Waals surface area contributed by atoms with Crippen molar-refractivity contribution in [2.45, 2.75) is 19.4 Å². The van der Waals surface area contributed by atoms with Crippen LogP contribution in [0.3, 0.4) is 0 Å². The first-order valence-electron chi connectivity index (χ1n) is 4.80. The molecule has 0 aliphatic carbocycles. The number of fused-ring (bicyclic) bond motifs is 1. The van der Waals surface area contributed by atoms with E-state index in [2.05, 4.69) is 35.8 Å².